The van der Waals surface area contributed by atoms with Crippen LogP contribution in [0.1, 0.15) is 31.8 Å². The van der Waals surface area contributed by atoms with Crippen LogP contribution in [0.4, 0.5) is 5.69 Å². The molecule has 1 amide bonds. The van der Waals surface area contributed by atoms with Gasteiger partial charge in [0.05, 0.1) is 11.3 Å². The second-order valence-corrected chi connectivity index (χ2v) is 6.02. The van der Waals surface area contributed by atoms with Gasteiger partial charge >= 0.3 is 5.97 Å². The molecular formula is C16H14INO3. The maximum atomic E-state index is 12.2. The minimum absolute atomic E-state index is 0.103. The minimum atomic E-state index is -1.06. The van der Waals surface area contributed by atoms with Gasteiger partial charge in [-0.1, -0.05) is 6.07 Å². The Morgan fingerprint density at radius 2 is 1.71 bits per heavy atom. The van der Waals surface area contributed by atoms with E-state index in [1.165, 1.54) is 0 Å². The van der Waals surface area contributed by atoms with Crippen LogP contribution in [0.3, 0.4) is 0 Å². The number of carboxylic acids is 1. The number of hydrogen-bond donors (Lipinski definition) is 2. The highest BCUT2D eigenvalue weighted by Crippen LogP contribution is 2.23. The van der Waals surface area contributed by atoms with Gasteiger partial charge in [0, 0.05) is 9.13 Å². The van der Waals surface area contributed by atoms with Crippen molar-refractivity contribution in [3.05, 3.63) is 62.2 Å². The monoisotopic (exact) mass is 395 g/mol. The zero-order chi connectivity index (χ0) is 15.6. The molecule has 0 aliphatic carbocycles. The zero-order valence-corrected chi connectivity index (χ0v) is 13.8. The number of rotatable bonds is 3. The second-order valence-electron chi connectivity index (χ2n) is 4.77. The molecule has 0 aliphatic rings. The summed E-state index contributed by atoms with van der Waals surface area (Å²) in [6, 6.07) is 10.5. The summed E-state index contributed by atoms with van der Waals surface area (Å²) >= 11 is 2.16. The van der Waals surface area contributed by atoms with E-state index in [0.29, 0.717) is 11.3 Å². The van der Waals surface area contributed by atoms with Crippen molar-refractivity contribution in [3.63, 3.8) is 0 Å². The minimum Gasteiger partial charge on any atom is -0.478 e. The van der Waals surface area contributed by atoms with E-state index in [9.17, 15) is 14.7 Å². The van der Waals surface area contributed by atoms with Gasteiger partial charge in [0.15, 0.2) is 0 Å². The third-order valence-electron chi connectivity index (χ3n) is 3.06. The van der Waals surface area contributed by atoms with Crippen LogP contribution in [0.25, 0.3) is 0 Å². The Balaban J connectivity index is 2.37. The molecule has 0 atom stereocenters. The molecule has 0 bridgehead atoms. The molecule has 5 heteroatoms. The molecule has 0 fully saturated rings. The molecule has 0 saturated heterocycles. The Hall–Kier alpha value is -1.89. The van der Waals surface area contributed by atoms with Crippen LogP contribution >= 0.6 is 22.6 Å². The number of amides is 1. The summed E-state index contributed by atoms with van der Waals surface area (Å²) in [5.41, 5.74) is 2.51. The molecule has 0 saturated carbocycles. The lowest BCUT2D eigenvalue weighted by Gasteiger charge is -2.13. The molecule has 0 aromatic heterocycles. The summed E-state index contributed by atoms with van der Waals surface area (Å²) in [4.78, 5) is 23.6. The first-order valence-electron chi connectivity index (χ1n) is 6.30. The van der Waals surface area contributed by atoms with E-state index in [1.807, 2.05) is 25.1 Å². The number of nitrogens with one attached hydrogen (secondary N) is 1. The summed E-state index contributed by atoms with van der Waals surface area (Å²) in [6.45, 7) is 3.60. The quantitative estimate of drug-likeness (QED) is 0.776. The first-order valence-corrected chi connectivity index (χ1v) is 7.38. The second kappa shape index (κ2) is 6.26. The molecule has 0 radical (unpaired) electrons. The lowest BCUT2D eigenvalue weighted by Crippen LogP contribution is -2.16. The molecule has 0 aliphatic heterocycles. The van der Waals surface area contributed by atoms with E-state index in [2.05, 4.69) is 27.9 Å². The maximum absolute atomic E-state index is 12.2. The van der Waals surface area contributed by atoms with Gasteiger partial charge in [-0.2, -0.15) is 0 Å². The third kappa shape index (κ3) is 3.60. The van der Waals surface area contributed by atoms with Crippen molar-refractivity contribution in [1.29, 1.82) is 0 Å². The summed E-state index contributed by atoms with van der Waals surface area (Å²) < 4.78 is 1.03. The number of carboxylic acid groups (broad SMARTS) is 1. The van der Waals surface area contributed by atoms with E-state index < -0.39 is 5.97 Å². The third-order valence-corrected chi connectivity index (χ3v) is 3.77. The lowest BCUT2D eigenvalue weighted by atomic mass is 10.0. The van der Waals surface area contributed by atoms with Crippen molar-refractivity contribution in [2.45, 2.75) is 13.8 Å². The zero-order valence-electron chi connectivity index (χ0n) is 11.6. The Bertz CT molecular complexity index is 708. The number of carbonyl (C=O) groups is 2. The van der Waals surface area contributed by atoms with Crippen molar-refractivity contribution in [1.82, 2.24) is 0 Å². The standard InChI is InChI=1S/C16H14INO3/c1-9-7-10(2)14(13(8-9)16(20)21)18-15(19)11-3-5-12(17)6-4-11/h3-8H,1-2H3,(H,18,19)(H,20,21). The Labute approximate surface area is 136 Å². The van der Waals surface area contributed by atoms with Gasteiger partial charge in [-0.25, -0.2) is 4.79 Å². The van der Waals surface area contributed by atoms with Crippen LogP contribution in [-0.4, -0.2) is 17.0 Å². The number of anilines is 1. The van der Waals surface area contributed by atoms with Gasteiger partial charge < -0.3 is 10.4 Å². The highest BCUT2D eigenvalue weighted by Gasteiger charge is 2.16. The molecule has 21 heavy (non-hydrogen) atoms. The van der Waals surface area contributed by atoms with Gasteiger partial charge in [-0.15, -0.1) is 0 Å². The predicted molar refractivity (Wildman–Crippen MR) is 90.0 cm³/mol. The van der Waals surface area contributed by atoms with Gasteiger partial charge in [0.2, 0.25) is 0 Å². The van der Waals surface area contributed by atoms with Crippen molar-refractivity contribution >= 4 is 40.2 Å². The molecule has 4 nitrogen and oxygen atoms in total. The Morgan fingerprint density at radius 3 is 2.29 bits per heavy atom. The topological polar surface area (TPSA) is 66.4 Å². The molecule has 0 heterocycles. The number of halogens is 1. The number of carbonyl (C=O) groups excluding carboxylic acids is 1. The highest BCUT2D eigenvalue weighted by atomic mass is 127. The van der Waals surface area contributed by atoms with Crippen molar-refractivity contribution in [3.8, 4) is 0 Å². The van der Waals surface area contributed by atoms with Crippen molar-refractivity contribution in [2.24, 2.45) is 0 Å². The van der Waals surface area contributed by atoms with Crippen LogP contribution < -0.4 is 5.32 Å². The molecule has 0 spiro atoms. The van der Waals surface area contributed by atoms with E-state index >= 15 is 0 Å². The number of benzene rings is 2. The summed E-state index contributed by atoms with van der Waals surface area (Å²) in [5, 5.41) is 12.0. The van der Waals surface area contributed by atoms with Gasteiger partial charge in [-0.05, 0) is 77.9 Å². The first kappa shape index (κ1) is 15.5. The summed E-state index contributed by atoms with van der Waals surface area (Å²) in [7, 11) is 0. The number of aryl methyl sites for hydroxylation is 2. The van der Waals surface area contributed by atoms with Gasteiger partial charge in [-0.3, -0.25) is 4.79 Å². The maximum Gasteiger partial charge on any atom is 0.337 e. The van der Waals surface area contributed by atoms with E-state index in [1.54, 1.807) is 25.1 Å². The lowest BCUT2D eigenvalue weighted by molar-refractivity contribution is 0.0698. The van der Waals surface area contributed by atoms with E-state index in [-0.39, 0.29) is 11.5 Å². The Morgan fingerprint density at radius 1 is 1.10 bits per heavy atom. The van der Waals surface area contributed by atoms with Crippen molar-refractivity contribution < 1.29 is 14.7 Å². The predicted octanol–water partition coefficient (Wildman–Crippen LogP) is 3.86. The average Bonchev–Trinajstić information content (AvgIpc) is 2.41. The van der Waals surface area contributed by atoms with Crippen LogP contribution in [0.15, 0.2) is 36.4 Å². The number of aromatic carboxylic acids is 1. The molecule has 0 unspecified atom stereocenters. The molecule has 2 aromatic carbocycles. The van der Waals surface area contributed by atoms with Crippen LogP contribution in [0.2, 0.25) is 0 Å². The average molecular weight is 395 g/mol. The fourth-order valence-corrected chi connectivity index (χ4v) is 2.45. The Kier molecular flexibility index (Phi) is 4.62. The molecule has 2 rings (SSSR count). The van der Waals surface area contributed by atoms with Gasteiger partial charge in [0.25, 0.3) is 5.91 Å². The molecule has 108 valence electrons. The van der Waals surface area contributed by atoms with E-state index in [0.717, 1.165) is 14.7 Å². The van der Waals surface area contributed by atoms with Crippen LogP contribution in [0.5, 0.6) is 0 Å². The molecule has 2 aromatic rings. The largest absolute Gasteiger partial charge is 0.478 e. The molecular weight excluding hydrogens is 381 g/mol. The first-order chi connectivity index (χ1) is 9.88. The summed E-state index contributed by atoms with van der Waals surface area (Å²) in [5.74, 6) is -1.37. The van der Waals surface area contributed by atoms with Crippen molar-refractivity contribution in [2.75, 3.05) is 5.32 Å². The normalized spacial score (nSPS) is 10.2. The number of hydrogen-bond acceptors (Lipinski definition) is 2. The van der Waals surface area contributed by atoms with Gasteiger partial charge in [0.1, 0.15) is 0 Å². The summed E-state index contributed by atoms with van der Waals surface area (Å²) in [6.07, 6.45) is 0. The fraction of sp³-hybridized carbons (Fsp3) is 0.125. The van der Waals surface area contributed by atoms with E-state index in [4.69, 9.17) is 0 Å². The van der Waals surface area contributed by atoms with Crippen LogP contribution in [0, 0.1) is 17.4 Å². The van der Waals surface area contributed by atoms with Crippen LogP contribution in [-0.2, 0) is 0 Å². The SMILES string of the molecule is Cc1cc(C)c(NC(=O)c2ccc(I)cc2)c(C(=O)O)c1. The highest BCUT2D eigenvalue weighted by molar-refractivity contribution is 14.1. The smallest absolute Gasteiger partial charge is 0.337 e. The fourth-order valence-electron chi connectivity index (χ4n) is 2.09. The molecule has 2 N–H and O–H groups in total.